The fourth-order valence-electron chi connectivity index (χ4n) is 1.68. The normalized spacial score (nSPS) is 11.2. The molecule has 0 bridgehead atoms. The van der Waals surface area contributed by atoms with E-state index in [1.54, 1.807) is 0 Å². The van der Waals surface area contributed by atoms with Crippen LogP contribution in [0.15, 0.2) is 18.2 Å². The van der Waals surface area contributed by atoms with Gasteiger partial charge in [0.2, 0.25) is 0 Å². The first-order valence-electron chi connectivity index (χ1n) is 6.23. The van der Waals surface area contributed by atoms with Crippen LogP contribution in [0.3, 0.4) is 0 Å². The standard InChI is InChI=1S/C13H19N3O4/c1-4-20-13(2,3)8-15-12(17)9-5-6-10(14)11(7-9)16(18)19/h5-7H,4,8,14H2,1-3H3,(H,15,17). The highest BCUT2D eigenvalue weighted by Crippen LogP contribution is 2.22. The molecule has 0 aliphatic heterocycles. The third kappa shape index (κ3) is 4.20. The van der Waals surface area contributed by atoms with E-state index in [4.69, 9.17) is 10.5 Å². The van der Waals surface area contributed by atoms with Gasteiger partial charge in [0.1, 0.15) is 5.69 Å². The van der Waals surface area contributed by atoms with E-state index < -0.39 is 16.4 Å². The third-order valence-corrected chi connectivity index (χ3v) is 2.70. The number of carbonyl (C=O) groups excluding carboxylic acids is 1. The van der Waals surface area contributed by atoms with Crippen LogP contribution in [-0.2, 0) is 4.74 Å². The van der Waals surface area contributed by atoms with Gasteiger partial charge in [-0.05, 0) is 32.9 Å². The molecule has 20 heavy (non-hydrogen) atoms. The van der Waals surface area contributed by atoms with Crippen molar-refractivity contribution >= 4 is 17.3 Å². The molecule has 0 heterocycles. The number of rotatable bonds is 6. The Bertz CT molecular complexity index is 514. The van der Waals surface area contributed by atoms with Gasteiger partial charge in [0.05, 0.1) is 10.5 Å². The first-order valence-corrected chi connectivity index (χ1v) is 6.23. The van der Waals surface area contributed by atoms with Gasteiger partial charge >= 0.3 is 0 Å². The Morgan fingerprint density at radius 2 is 2.15 bits per heavy atom. The lowest BCUT2D eigenvalue weighted by molar-refractivity contribution is -0.383. The van der Waals surface area contributed by atoms with E-state index in [1.807, 2.05) is 20.8 Å². The molecule has 1 aromatic carbocycles. The quantitative estimate of drug-likeness (QED) is 0.469. The fraction of sp³-hybridized carbons (Fsp3) is 0.462. The minimum atomic E-state index is -0.615. The monoisotopic (exact) mass is 281 g/mol. The molecule has 0 unspecified atom stereocenters. The van der Waals surface area contributed by atoms with Crippen LogP contribution < -0.4 is 11.1 Å². The molecular weight excluding hydrogens is 262 g/mol. The zero-order valence-corrected chi connectivity index (χ0v) is 11.8. The smallest absolute Gasteiger partial charge is 0.292 e. The summed E-state index contributed by atoms with van der Waals surface area (Å²) in [6.07, 6.45) is 0. The number of anilines is 1. The van der Waals surface area contributed by atoms with Crippen molar-refractivity contribution in [2.75, 3.05) is 18.9 Å². The van der Waals surface area contributed by atoms with Crippen molar-refractivity contribution in [1.29, 1.82) is 0 Å². The summed E-state index contributed by atoms with van der Waals surface area (Å²) >= 11 is 0. The maximum atomic E-state index is 12.0. The molecule has 1 rings (SSSR count). The lowest BCUT2D eigenvalue weighted by Gasteiger charge is -2.24. The Labute approximate surface area is 117 Å². The van der Waals surface area contributed by atoms with Crippen LogP contribution in [0.1, 0.15) is 31.1 Å². The van der Waals surface area contributed by atoms with Crippen LogP contribution >= 0.6 is 0 Å². The van der Waals surface area contributed by atoms with Crippen LogP contribution in [-0.4, -0.2) is 29.6 Å². The average molecular weight is 281 g/mol. The second kappa shape index (κ2) is 6.33. The minimum Gasteiger partial charge on any atom is -0.393 e. The van der Waals surface area contributed by atoms with Gasteiger partial charge in [0.25, 0.3) is 11.6 Å². The van der Waals surface area contributed by atoms with E-state index >= 15 is 0 Å². The molecule has 0 aliphatic rings. The number of nitrogens with one attached hydrogen (secondary N) is 1. The van der Waals surface area contributed by atoms with Gasteiger partial charge in [0, 0.05) is 24.8 Å². The first-order chi connectivity index (χ1) is 9.26. The van der Waals surface area contributed by atoms with Crippen LogP contribution in [0, 0.1) is 10.1 Å². The molecule has 7 heteroatoms. The number of nitrogens with zero attached hydrogens (tertiary/aromatic N) is 1. The molecule has 0 saturated carbocycles. The van der Waals surface area contributed by atoms with Gasteiger partial charge in [-0.1, -0.05) is 0 Å². The van der Waals surface area contributed by atoms with Crippen molar-refractivity contribution in [3.05, 3.63) is 33.9 Å². The fourth-order valence-corrected chi connectivity index (χ4v) is 1.68. The number of benzene rings is 1. The number of ether oxygens (including phenoxy) is 1. The first kappa shape index (κ1) is 15.9. The molecule has 0 fully saturated rings. The number of nitro groups is 1. The second-order valence-corrected chi connectivity index (χ2v) is 4.91. The van der Waals surface area contributed by atoms with E-state index in [0.29, 0.717) is 13.2 Å². The van der Waals surface area contributed by atoms with Gasteiger partial charge in [-0.2, -0.15) is 0 Å². The lowest BCUT2D eigenvalue weighted by Crippen LogP contribution is -2.40. The SMILES string of the molecule is CCOC(C)(C)CNC(=O)c1ccc(N)c([N+](=O)[O-])c1. The topological polar surface area (TPSA) is 107 Å². The van der Waals surface area contributed by atoms with E-state index in [-0.39, 0.29) is 16.9 Å². The van der Waals surface area contributed by atoms with Gasteiger partial charge < -0.3 is 15.8 Å². The molecular formula is C13H19N3O4. The van der Waals surface area contributed by atoms with Gasteiger partial charge in [0.15, 0.2) is 0 Å². The molecule has 0 radical (unpaired) electrons. The third-order valence-electron chi connectivity index (χ3n) is 2.70. The van der Waals surface area contributed by atoms with Crippen molar-refractivity contribution in [2.24, 2.45) is 0 Å². The number of hydrogen-bond acceptors (Lipinski definition) is 5. The molecule has 0 atom stereocenters. The van der Waals surface area contributed by atoms with Crippen LogP contribution in [0.4, 0.5) is 11.4 Å². The molecule has 0 aliphatic carbocycles. The molecule has 1 amide bonds. The molecule has 0 saturated heterocycles. The summed E-state index contributed by atoms with van der Waals surface area (Å²) in [5, 5.41) is 13.5. The second-order valence-electron chi connectivity index (χ2n) is 4.91. The van der Waals surface area contributed by atoms with Crippen molar-refractivity contribution in [2.45, 2.75) is 26.4 Å². The summed E-state index contributed by atoms with van der Waals surface area (Å²) in [6, 6.07) is 3.96. The average Bonchev–Trinajstić information content (AvgIpc) is 2.36. The Morgan fingerprint density at radius 1 is 1.50 bits per heavy atom. The van der Waals surface area contributed by atoms with Crippen LogP contribution in [0.2, 0.25) is 0 Å². The van der Waals surface area contributed by atoms with E-state index in [1.165, 1.54) is 18.2 Å². The predicted octanol–water partition coefficient (Wildman–Crippen LogP) is 1.72. The van der Waals surface area contributed by atoms with E-state index in [9.17, 15) is 14.9 Å². The zero-order valence-electron chi connectivity index (χ0n) is 11.8. The molecule has 0 spiro atoms. The summed E-state index contributed by atoms with van der Waals surface area (Å²) in [5.74, 6) is -0.402. The van der Waals surface area contributed by atoms with Crippen molar-refractivity contribution in [1.82, 2.24) is 5.32 Å². The number of nitrogens with two attached hydrogens (primary N) is 1. The van der Waals surface area contributed by atoms with Gasteiger partial charge in [-0.3, -0.25) is 14.9 Å². The van der Waals surface area contributed by atoms with E-state index in [2.05, 4.69) is 5.32 Å². The summed E-state index contributed by atoms with van der Waals surface area (Å²) in [6.45, 7) is 6.41. The molecule has 3 N–H and O–H groups in total. The summed E-state index contributed by atoms with van der Waals surface area (Å²) in [7, 11) is 0. The Hall–Kier alpha value is -2.15. The molecule has 1 aromatic rings. The van der Waals surface area contributed by atoms with E-state index in [0.717, 1.165) is 0 Å². The molecule has 7 nitrogen and oxygen atoms in total. The predicted molar refractivity (Wildman–Crippen MR) is 75.5 cm³/mol. The van der Waals surface area contributed by atoms with Crippen LogP contribution in [0.5, 0.6) is 0 Å². The summed E-state index contributed by atoms with van der Waals surface area (Å²) in [5.41, 5.74) is 4.93. The highest BCUT2D eigenvalue weighted by Gasteiger charge is 2.20. The Kier molecular flexibility index (Phi) is 5.04. The number of carbonyl (C=O) groups is 1. The number of nitrogen functional groups attached to an aromatic ring is 1. The zero-order chi connectivity index (χ0) is 15.3. The maximum absolute atomic E-state index is 12.0. The Morgan fingerprint density at radius 3 is 2.70 bits per heavy atom. The largest absolute Gasteiger partial charge is 0.393 e. The highest BCUT2D eigenvalue weighted by atomic mass is 16.6. The van der Waals surface area contributed by atoms with Crippen molar-refractivity contribution < 1.29 is 14.5 Å². The van der Waals surface area contributed by atoms with Gasteiger partial charge in [-0.15, -0.1) is 0 Å². The highest BCUT2D eigenvalue weighted by molar-refractivity contribution is 5.95. The molecule has 0 aromatic heterocycles. The van der Waals surface area contributed by atoms with Crippen molar-refractivity contribution in [3.63, 3.8) is 0 Å². The maximum Gasteiger partial charge on any atom is 0.292 e. The number of amides is 1. The summed E-state index contributed by atoms with van der Waals surface area (Å²) < 4.78 is 5.45. The lowest BCUT2D eigenvalue weighted by atomic mass is 10.1. The minimum absolute atomic E-state index is 0.0289. The number of nitro benzene ring substituents is 1. The molecule has 110 valence electrons. The van der Waals surface area contributed by atoms with Gasteiger partial charge in [-0.25, -0.2) is 0 Å². The van der Waals surface area contributed by atoms with Crippen molar-refractivity contribution in [3.8, 4) is 0 Å². The number of hydrogen-bond donors (Lipinski definition) is 2. The van der Waals surface area contributed by atoms with Crippen LogP contribution in [0.25, 0.3) is 0 Å². The Balaban J connectivity index is 2.78. The summed E-state index contributed by atoms with van der Waals surface area (Å²) in [4.78, 5) is 22.1.